The highest BCUT2D eigenvalue weighted by atomic mass is 127. The molecule has 0 saturated heterocycles. The third-order valence-electron chi connectivity index (χ3n) is 0.898. The summed E-state index contributed by atoms with van der Waals surface area (Å²) in [4.78, 5) is 0. The Balaban J connectivity index is 2.93. The molecular formula is C5H13IN2. The maximum absolute atomic E-state index is 5.48. The van der Waals surface area contributed by atoms with E-state index in [9.17, 15) is 0 Å². The van der Waals surface area contributed by atoms with Crippen molar-refractivity contribution in [2.24, 2.45) is 11.5 Å². The number of alkyl halides is 1. The molecule has 0 aromatic rings. The molecule has 4 N–H and O–H groups in total. The Bertz CT molecular complexity index is 46.4. The maximum Gasteiger partial charge on any atom is 0.0569 e. The molecule has 0 aromatic carbocycles. The zero-order valence-corrected chi connectivity index (χ0v) is 7.26. The molecule has 2 atom stereocenters. The van der Waals surface area contributed by atoms with E-state index < -0.39 is 0 Å². The summed E-state index contributed by atoms with van der Waals surface area (Å²) in [6.45, 7) is 2.00. The van der Waals surface area contributed by atoms with Gasteiger partial charge in [0.1, 0.15) is 0 Å². The Kier molecular flexibility index (Phi) is 4.89. The van der Waals surface area contributed by atoms with Crippen molar-refractivity contribution in [3.63, 3.8) is 0 Å². The SMILES string of the molecule is C[C@@H](N)CC[C@H](N)I. The second kappa shape index (κ2) is 4.52. The monoisotopic (exact) mass is 228 g/mol. The molecule has 0 aliphatic heterocycles. The number of hydrogen-bond acceptors (Lipinski definition) is 2. The van der Waals surface area contributed by atoms with E-state index in [1.807, 2.05) is 6.92 Å². The molecular weight excluding hydrogens is 215 g/mol. The molecule has 0 heterocycles. The van der Waals surface area contributed by atoms with Gasteiger partial charge >= 0.3 is 0 Å². The minimum atomic E-state index is 0.276. The molecule has 0 spiro atoms. The summed E-state index contributed by atoms with van der Waals surface area (Å²) in [6, 6.07) is 0.302. The summed E-state index contributed by atoms with van der Waals surface area (Å²) in [5, 5.41) is 0. The van der Waals surface area contributed by atoms with E-state index in [0.29, 0.717) is 6.04 Å². The third kappa shape index (κ3) is 6.65. The second-order valence-electron chi connectivity index (χ2n) is 2.07. The van der Waals surface area contributed by atoms with Crippen LogP contribution < -0.4 is 11.5 Å². The highest BCUT2D eigenvalue weighted by Gasteiger charge is 1.97. The fourth-order valence-corrected chi connectivity index (χ4v) is 0.782. The van der Waals surface area contributed by atoms with E-state index in [2.05, 4.69) is 22.6 Å². The van der Waals surface area contributed by atoms with Gasteiger partial charge in [-0.1, -0.05) is 22.6 Å². The van der Waals surface area contributed by atoms with Gasteiger partial charge in [0.2, 0.25) is 0 Å². The van der Waals surface area contributed by atoms with Crippen molar-refractivity contribution in [3.8, 4) is 0 Å². The van der Waals surface area contributed by atoms with Gasteiger partial charge in [0, 0.05) is 6.04 Å². The first-order valence-corrected chi connectivity index (χ1v) is 4.02. The fraction of sp³-hybridized carbons (Fsp3) is 1.00. The van der Waals surface area contributed by atoms with E-state index in [1.165, 1.54) is 0 Å². The van der Waals surface area contributed by atoms with Crippen LogP contribution in [0.1, 0.15) is 19.8 Å². The Morgan fingerprint density at radius 3 is 2.00 bits per heavy atom. The fourth-order valence-electron chi connectivity index (χ4n) is 0.422. The topological polar surface area (TPSA) is 52.0 Å². The van der Waals surface area contributed by atoms with Crippen LogP contribution in [0.4, 0.5) is 0 Å². The number of rotatable bonds is 3. The van der Waals surface area contributed by atoms with E-state index in [4.69, 9.17) is 11.5 Å². The average molecular weight is 228 g/mol. The zero-order valence-electron chi connectivity index (χ0n) is 5.10. The number of hydrogen-bond donors (Lipinski definition) is 2. The van der Waals surface area contributed by atoms with Crippen molar-refractivity contribution in [2.45, 2.75) is 29.9 Å². The first kappa shape index (κ1) is 8.65. The predicted octanol–water partition coefficient (Wildman–Crippen LogP) is 0.834. The summed E-state index contributed by atoms with van der Waals surface area (Å²) in [5.41, 5.74) is 11.0. The minimum absolute atomic E-state index is 0.276. The van der Waals surface area contributed by atoms with Gasteiger partial charge in [0.05, 0.1) is 4.05 Å². The van der Waals surface area contributed by atoms with Crippen LogP contribution in [0.15, 0.2) is 0 Å². The van der Waals surface area contributed by atoms with Crippen molar-refractivity contribution in [2.75, 3.05) is 0 Å². The molecule has 8 heavy (non-hydrogen) atoms. The summed E-state index contributed by atoms with van der Waals surface area (Å²) < 4.78 is 0.276. The molecule has 0 unspecified atom stereocenters. The Hall–Kier alpha value is 0.650. The van der Waals surface area contributed by atoms with Crippen LogP contribution >= 0.6 is 22.6 Å². The van der Waals surface area contributed by atoms with Gasteiger partial charge in [0.25, 0.3) is 0 Å². The van der Waals surface area contributed by atoms with Crippen LogP contribution in [0.2, 0.25) is 0 Å². The van der Waals surface area contributed by atoms with Crippen molar-refractivity contribution in [3.05, 3.63) is 0 Å². The lowest BCUT2D eigenvalue weighted by Gasteiger charge is -2.04. The molecule has 50 valence electrons. The van der Waals surface area contributed by atoms with E-state index in [-0.39, 0.29) is 4.05 Å². The molecule has 0 amide bonds. The van der Waals surface area contributed by atoms with Gasteiger partial charge in [-0.2, -0.15) is 0 Å². The first-order valence-electron chi connectivity index (χ1n) is 2.78. The Labute approximate surface area is 64.1 Å². The summed E-state index contributed by atoms with van der Waals surface area (Å²) in [7, 11) is 0. The maximum atomic E-state index is 5.48. The molecule has 2 nitrogen and oxygen atoms in total. The molecule has 0 saturated carbocycles. The molecule has 0 aromatic heterocycles. The predicted molar refractivity (Wildman–Crippen MR) is 44.9 cm³/mol. The molecule has 0 aliphatic carbocycles. The van der Waals surface area contributed by atoms with Crippen molar-refractivity contribution in [1.29, 1.82) is 0 Å². The van der Waals surface area contributed by atoms with Crippen molar-refractivity contribution in [1.82, 2.24) is 0 Å². The van der Waals surface area contributed by atoms with Crippen LogP contribution in [0.25, 0.3) is 0 Å². The standard InChI is InChI=1S/C5H13IN2/c1-4(7)2-3-5(6)8/h4-5H,2-3,7-8H2,1H3/t4-,5+/m1/s1. The lowest BCUT2D eigenvalue weighted by Crippen LogP contribution is -2.19. The number of halogens is 1. The third-order valence-corrected chi connectivity index (χ3v) is 1.52. The van der Waals surface area contributed by atoms with Gasteiger partial charge in [0.15, 0.2) is 0 Å². The van der Waals surface area contributed by atoms with Crippen molar-refractivity contribution < 1.29 is 0 Å². The van der Waals surface area contributed by atoms with E-state index >= 15 is 0 Å². The van der Waals surface area contributed by atoms with E-state index in [1.54, 1.807) is 0 Å². The van der Waals surface area contributed by atoms with Crippen LogP contribution in [0.5, 0.6) is 0 Å². The zero-order chi connectivity index (χ0) is 6.57. The van der Waals surface area contributed by atoms with Crippen molar-refractivity contribution >= 4 is 22.6 Å². The summed E-state index contributed by atoms with van der Waals surface area (Å²) in [6.07, 6.45) is 2.06. The highest BCUT2D eigenvalue weighted by Crippen LogP contribution is 2.02. The average Bonchev–Trinajstić information content (AvgIpc) is 1.61. The van der Waals surface area contributed by atoms with Gasteiger partial charge in [-0.05, 0) is 19.8 Å². The summed E-state index contributed by atoms with van der Waals surface area (Å²) >= 11 is 2.20. The summed E-state index contributed by atoms with van der Waals surface area (Å²) in [5.74, 6) is 0. The van der Waals surface area contributed by atoms with Crippen LogP contribution in [0, 0.1) is 0 Å². The van der Waals surface area contributed by atoms with Crippen LogP contribution in [-0.2, 0) is 0 Å². The second-order valence-corrected chi connectivity index (χ2v) is 3.67. The molecule has 0 rings (SSSR count). The minimum Gasteiger partial charge on any atom is -0.328 e. The van der Waals surface area contributed by atoms with Gasteiger partial charge in [-0.3, -0.25) is 0 Å². The van der Waals surface area contributed by atoms with Crippen LogP contribution in [-0.4, -0.2) is 10.1 Å². The quantitative estimate of drug-likeness (QED) is 0.427. The normalized spacial score (nSPS) is 18.0. The smallest absolute Gasteiger partial charge is 0.0569 e. The largest absolute Gasteiger partial charge is 0.328 e. The molecule has 0 aliphatic rings. The van der Waals surface area contributed by atoms with E-state index in [0.717, 1.165) is 12.8 Å². The Morgan fingerprint density at radius 2 is 1.88 bits per heavy atom. The first-order chi connectivity index (χ1) is 3.63. The lowest BCUT2D eigenvalue weighted by atomic mass is 10.2. The Morgan fingerprint density at radius 1 is 1.38 bits per heavy atom. The molecule has 0 radical (unpaired) electrons. The van der Waals surface area contributed by atoms with Gasteiger partial charge < -0.3 is 11.5 Å². The van der Waals surface area contributed by atoms with Crippen LogP contribution in [0.3, 0.4) is 0 Å². The molecule has 3 heteroatoms. The lowest BCUT2D eigenvalue weighted by molar-refractivity contribution is 0.623. The van der Waals surface area contributed by atoms with Gasteiger partial charge in [-0.15, -0.1) is 0 Å². The molecule has 0 bridgehead atoms. The highest BCUT2D eigenvalue weighted by molar-refractivity contribution is 14.1. The number of nitrogens with two attached hydrogens (primary N) is 2. The van der Waals surface area contributed by atoms with Gasteiger partial charge in [-0.25, -0.2) is 0 Å². The molecule has 0 fully saturated rings.